The molecule has 2 saturated heterocycles. The average Bonchev–Trinajstić information content (AvgIpc) is 3.07. The maximum Gasteiger partial charge on any atom is 0.233 e. The molecule has 0 aliphatic carbocycles. The molecule has 1 unspecified atom stereocenters. The number of nitrogens with zero attached hydrogens (tertiary/aromatic N) is 2. The highest BCUT2D eigenvalue weighted by Gasteiger charge is 2.33. The van der Waals surface area contributed by atoms with E-state index in [1.54, 1.807) is 11.8 Å². The summed E-state index contributed by atoms with van der Waals surface area (Å²) in [6.07, 6.45) is 1.05. The van der Waals surface area contributed by atoms with Gasteiger partial charge in [-0.15, -0.1) is 23.1 Å². The Morgan fingerprint density at radius 1 is 1.29 bits per heavy atom. The van der Waals surface area contributed by atoms with E-state index in [2.05, 4.69) is 28.9 Å². The highest BCUT2D eigenvalue weighted by atomic mass is 32.2. The van der Waals surface area contributed by atoms with Crippen molar-refractivity contribution in [3.63, 3.8) is 0 Å². The number of hydrogen-bond acceptors (Lipinski definition) is 5. The molecule has 2 aliphatic rings. The zero-order valence-corrected chi connectivity index (χ0v) is 14.0. The maximum absolute atomic E-state index is 12.1. The van der Waals surface area contributed by atoms with Gasteiger partial charge in [-0.3, -0.25) is 9.69 Å². The molecule has 2 aliphatic heterocycles. The van der Waals surface area contributed by atoms with Gasteiger partial charge < -0.3 is 9.64 Å². The first-order valence-corrected chi connectivity index (χ1v) is 9.38. The van der Waals surface area contributed by atoms with E-state index >= 15 is 0 Å². The normalized spacial score (nSPS) is 24.0. The Hall–Kier alpha value is -0.560. The molecule has 3 rings (SSSR count). The number of carbonyl (C=O) groups is 1. The lowest BCUT2D eigenvalue weighted by atomic mass is 10.3. The summed E-state index contributed by atoms with van der Waals surface area (Å²) in [5.41, 5.74) is 0. The third-order valence-corrected chi connectivity index (χ3v) is 6.39. The number of amides is 1. The average molecular weight is 326 g/mol. The van der Waals surface area contributed by atoms with Gasteiger partial charge in [-0.1, -0.05) is 0 Å². The van der Waals surface area contributed by atoms with Gasteiger partial charge in [0, 0.05) is 35.9 Å². The van der Waals surface area contributed by atoms with E-state index in [9.17, 15) is 4.79 Å². The molecular weight excluding hydrogens is 304 g/mol. The third kappa shape index (κ3) is 3.80. The fraction of sp³-hybridized carbons (Fsp3) is 0.667. The van der Waals surface area contributed by atoms with Gasteiger partial charge in [-0.2, -0.15) is 0 Å². The van der Waals surface area contributed by atoms with Gasteiger partial charge in [0.15, 0.2) is 0 Å². The molecule has 116 valence electrons. The summed E-state index contributed by atoms with van der Waals surface area (Å²) >= 11 is 3.57. The molecule has 4 nitrogen and oxygen atoms in total. The maximum atomic E-state index is 12.1. The van der Waals surface area contributed by atoms with Gasteiger partial charge in [0.1, 0.15) is 5.37 Å². The number of ether oxygens (including phenoxy) is 1. The van der Waals surface area contributed by atoms with Crippen molar-refractivity contribution >= 4 is 29.0 Å². The SMILES string of the molecule is Cc1ccc(C2SCC(=O)N2CCCN2CCOCC2)s1. The van der Waals surface area contributed by atoms with Crippen LogP contribution in [0.1, 0.15) is 21.5 Å². The number of aryl methyl sites for hydroxylation is 1. The summed E-state index contributed by atoms with van der Waals surface area (Å²) in [5, 5.41) is 0.237. The van der Waals surface area contributed by atoms with Crippen LogP contribution in [0.25, 0.3) is 0 Å². The summed E-state index contributed by atoms with van der Waals surface area (Å²) in [5.74, 6) is 0.914. The van der Waals surface area contributed by atoms with Crippen molar-refractivity contribution in [3.05, 3.63) is 21.9 Å². The number of thiophene rings is 1. The summed E-state index contributed by atoms with van der Waals surface area (Å²) in [6.45, 7) is 7.79. The van der Waals surface area contributed by atoms with Crippen molar-refractivity contribution in [2.24, 2.45) is 0 Å². The molecule has 0 bridgehead atoms. The van der Waals surface area contributed by atoms with Crippen LogP contribution in [0.2, 0.25) is 0 Å². The van der Waals surface area contributed by atoms with Crippen molar-refractivity contribution in [2.45, 2.75) is 18.7 Å². The number of morpholine rings is 1. The summed E-state index contributed by atoms with van der Waals surface area (Å²) < 4.78 is 5.37. The van der Waals surface area contributed by atoms with E-state index in [4.69, 9.17) is 4.74 Å². The minimum absolute atomic E-state index is 0.237. The third-order valence-electron chi connectivity index (χ3n) is 3.95. The first-order chi connectivity index (χ1) is 10.2. The topological polar surface area (TPSA) is 32.8 Å². The van der Waals surface area contributed by atoms with Gasteiger partial charge in [0.2, 0.25) is 5.91 Å². The Bertz CT molecular complexity index is 486. The van der Waals surface area contributed by atoms with Crippen LogP contribution in [0.5, 0.6) is 0 Å². The molecule has 0 spiro atoms. The van der Waals surface area contributed by atoms with E-state index in [-0.39, 0.29) is 11.3 Å². The second-order valence-electron chi connectivity index (χ2n) is 5.51. The first kappa shape index (κ1) is 15.3. The molecule has 0 aromatic carbocycles. The zero-order valence-electron chi connectivity index (χ0n) is 12.4. The Morgan fingerprint density at radius 2 is 2.10 bits per heavy atom. The quantitative estimate of drug-likeness (QED) is 0.831. The number of thioether (sulfide) groups is 1. The molecule has 3 heterocycles. The standard InChI is InChI=1S/C15H22N2O2S2/c1-12-3-4-13(21-12)15-17(14(18)11-20-15)6-2-5-16-7-9-19-10-8-16/h3-4,15H,2,5-11H2,1H3. The molecule has 1 aromatic heterocycles. The van der Waals surface area contributed by atoms with Crippen LogP contribution in [-0.4, -0.2) is 60.9 Å². The summed E-state index contributed by atoms with van der Waals surface area (Å²) in [6, 6.07) is 4.32. The van der Waals surface area contributed by atoms with Gasteiger partial charge >= 0.3 is 0 Å². The molecule has 21 heavy (non-hydrogen) atoms. The fourth-order valence-corrected chi connectivity index (χ4v) is 5.14. The molecule has 6 heteroatoms. The van der Waals surface area contributed by atoms with Crippen LogP contribution in [0.3, 0.4) is 0 Å². The second kappa shape index (κ2) is 7.13. The van der Waals surface area contributed by atoms with Gasteiger partial charge in [-0.05, 0) is 25.5 Å². The van der Waals surface area contributed by atoms with Crippen LogP contribution in [0.15, 0.2) is 12.1 Å². The fourth-order valence-electron chi connectivity index (χ4n) is 2.81. The molecular formula is C15H22N2O2S2. The van der Waals surface area contributed by atoms with Crippen LogP contribution < -0.4 is 0 Å². The molecule has 0 radical (unpaired) electrons. The molecule has 0 saturated carbocycles. The molecule has 2 fully saturated rings. The predicted molar refractivity (Wildman–Crippen MR) is 87.8 cm³/mol. The van der Waals surface area contributed by atoms with Gasteiger partial charge in [0.25, 0.3) is 0 Å². The number of hydrogen-bond donors (Lipinski definition) is 0. The van der Waals surface area contributed by atoms with Crippen LogP contribution in [-0.2, 0) is 9.53 Å². The smallest absolute Gasteiger partial charge is 0.233 e. The monoisotopic (exact) mass is 326 g/mol. The Balaban J connectivity index is 1.53. The highest BCUT2D eigenvalue weighted by molar-refractivity contribution is 8.00. The van der Waals surface area contributed by atoms with E-state index < -0.39 is 0 Å². The van der Waals surface area contributed by atoms with E-state index in [0.717, 1.165) is 45.8 Å². The molecule has 1 aromatic rings. The van der Waals surface area contributed by atoms with Crippen molar-refractivity contribution in [1.29, 1.82) is 0 Å². The second-order valence-corrected chi connectivity index (χ2v) is 7.89. The molecule has 0 N–H and O–H groups in total. The van der Waals surface area contributed by atoms with Crippen molar-refractivity contribution < 1.29 is 9.53 Å². The lowest BCUT2D eigenvalue weighted by Gasteiger charge is -2.28. The molecule has 1 atom stereocenters. The van der Waals surface area contributed by atoms with Crippen LogP contribution in [0.4, 0.5) is 0 Å². The van der Waals surface area contributed by atoms with Crippen molar-refractivity contribution in [3.8, 4) is 0 Å². The highest BCUT2D eigenvalue weighted by Crippen LogP contribution is 2.41. The van der Waals surface area contributed by atoms with E-state index in [1.165, 1.54) is 9.75 Å². The Kier molecular flexibility index (Phi) is 5.21. The van der Waals surface area contributed by atoms with Gasteiger partial charge in [-0.25, -0.2) is 0 Å². The van der Waals surface area contributed by atoms with Crippen LogP contribution in [0, 0.1) is 6.92 Å². The summed E-state index contributed by atoms with van der Waals surface area (Å²) in [4.78, 5) is 19.3. The lowest BCUT2D eigenvalue weighted by Crippen LogP contribution is -2.38. The summed E-state index contributed by atoms with van der Waals surface area (Å²) in [7, 11) is 0. The minimum Gasteiger partial charge on any atom is -0.379 e. The van der Waals surface area contributed by atoms with E-state index in [0.29, 0.717) is 5.75 Å². The largest absolute Gasteiger partial charge is 0.379 e. The first-order valence-electron chi connectivity index (χ1n) is 7.51. The zero-order chi connectivity index (χ0) is 14.7. The Labute approximate surface area is 134 Å². The Morgan fingerprint density at radius 3 is 2.81 bits per heavy atom. The van der Waals surface area contributed by atoms with Crippen LogP contribution >= 0.6 is 23.1 Å². The van der Waals surface area contributed by atoms with E-state index in [1.807, 2.05) is 11.3 Å². The molecule has 1 amide bonds. The lowest BCUT2D eigenvalue weighted by molar-refractivity contribution is -0.128. The van der Waals surface area contributed by atoms with Crippen molar-refractivity contribution in [2.75, 3.05) is 45.1 Å². The predicted octanol–water partition coefficient (Wildman–Crippen LogP) is 2.35. The minimum atomic E-state index is 0.237. The number of carbonyl (C=O) groups excluding carboxylic acids is 1. The number of rotatable bonds is 5. The van der Waals surface area contributed by atoms with Gasteiger partial charge in [0.05, 0.1) is 19.0 Å². The van der Waals surface area contributed by atoms with Crippen molar-refractivity contribution in [1.82, 2.24) is 9.80 Å².